The minimum atomic E-state index is -0.599. The van der Waals surface area contributed by atoms with Crippen molar-refractivity contribution in [2.45, 2.75) is 77.3 Å². The fraction of sp³-hybridized carbons (Fsp3) is 0.640. The molecule has 33 heavy (non-hydrogen) atoms. The van der Waals surface area contributed by atoms with Gasteiger partial charge in [0.1, 0.15) is 6.04 Å². The third kappa shape index (κ3) is 5.55. The van der Waals surface area contributed by atoms with Gasteiger partial charge in [-0.25, -0.2) is 0 Å². The average molecular weight is 455 g/mol. The van der Waals surface area contributed by atoms with Gasteiger partial charge in [-0.2, -0.15) is 5.26 Å². The molecular weight excluding hydrogens is 416 g/mol. The van der Waals surface area contributed by atoms with E-state index in [-0.39, 0.29) is 11.9 Å². The molecule has 8 nitrogen and oxygen atoms in total. The molecule has 1 saturated carbocycles. The van der Waals surface area contributed by atoms with Gasteiger partial charge < -0.3 is 16.4 Å². The molecule has 4 rings (SSSR count). The number of carbonyl (C=O) groups excluding carboxylic acids is 2. The van der Waals surface area contributed by atoms with Crippen molar-refractivity contribution in [2.75, 3.05) is 19.6 Å². The van der Waals surface area contributed by atoms with E-state index in [0.29, 0.717) is 30.1 Å². The first-order valence-electron chi connectivity index (χ1n) is 12.1. The normalized spacial score (nSPS) is 27.8. The number of fused-ring (bicyclic) bond motifs is 2. The van der Waals surface area contributed by atoms with E-state index in [1.54, 1.807) is 24.0 Å². The topological polar surface area (TPSA) is 120 Å². The number of hydrogen-bond donors (Lipinski definition) is 2. The van der Waals surface area contributed by atoms with E-state index in [4.69, 9.17) is 11.5 Å². The summed E-state index contributed by atoms with van der Waals surface area (Å²) in [4.78, 5) is 30.8. The second-order valence-corrected chi connectivity index (χ2v) is 9.43. The number of piperazine rings is 1. The Bertz CT molecular complexity index is 882. The van der Waals surface area contributed by atoms with Crippen molar-refractivity contribution >= 4 is 11.8 Å². The predicted molar refractivity (Wildman–Crippen MR) is 128 cm³/mol. The first-order chi connectivity index (χ1) is 15.8. The van der Waals surface area contributed by atoms with Gasteiger partial charge in [-0.15, -0.1) is 0 Å². The van der Waals surface area contributed by atoms with Crippen LogP contribution < -0.4 is 11.5 Å². The van der Waals surface area contributed by atoms with Crippen molar-refractivity contribution in [3.8, 4) is 6.07 Å². The largest absolute Gasteiger partial charge is 0.366 e. The van der Waals surface area contributed by atoms with Crippen molar-refractivity contribution in [2.24, 2.45) is 17.4 Å². The van der Waals surface area contributed by atoms with Gasteiger partial charge in [-0.3, -0.25) is 19.4 Å². The Morgan fingerprint density at radius 2 is 1.73 bits per heavy atom. The number of nitrogens with two attached hydrogens (primary N) is 2. The van der Waals surface area contributed by atoms with Gasteiger partial charge in [0.15, 0.2) is 0 Å². The average Bonchev–Trinajstić information content (AvgIpc) is 3.20. The molecule has 180 valence electrons. The fourth-order valence-electron chi connectivity index (χ4n) is 5.17. The Morgan fingerprint density at radius 3 is 2.21 bits per heavy atom. The lowest BCUT2D eigenvalue weighted by Crippen LogP contribution is -2.55. The molecule has 8 heteroatoms. The number of amides is 2. The van der Waals surface area contributed by atoms with E-state index in [1.165, 1.54) is 0 Å². The van der Waals surface area contributed by atoms with Crippen LogP contribution in [0.5, 0.6) is 0 Å². The maximum Gasteiger partial charge on any atom is 0.248 e. The standard InChI is InChI=1S/C23H32N6O2.C2H6/c1-14-7-21(14)29(15(2)9-24)23(31)20(25)13-28-12-18-8-19(28)11-27(18)10-16-3-5-17(6-4-16)22(26)30;1-2/h3-6,14-15,18-21H,7-8,10-13,25H2,1-2H3,(H2,26,30);1-2H3/t14?,15?,18-,19?,20?,21?;/m0./s1. The first-order valence-corrected chi connectivity index (χ1v) is 12.1. The number of primary amides is 1. The number of nitriles is 1. The van der Waals surface area contributed by atoms with E-state index in [2.05, 4.69) is 22.8 Å². The van der Waals surface area contributed by atoms with Crippen LogP contribution in [0.1, 0.15) is 56.5 Å². The highest BCUT2D eigenvalue weighted by Crippen LogP contribution is 2.37. The highest BCUT2D eigenvalue weighted by Gasteiger charge is 2.46. The summed E-state index contributed by atoms with van der Waals surface area (Å²) in [5.74, 6) is -0.0647. The van der Waals surface area contributed by atoms with Crippen LogP contribution in [0.25, 0.3) is 0 Å². The van der Waals surface area contributed by atoms with Gasteiger partial charge in [-0.1, -0.05) is 32.9 Å². The molecule has 1 aromatic rings. The number of rotatable bonds is 8. The smallest absolute Gasteiger partial charge is 0.248 e. The molecule has 0 spiro atoms. The second-order valence-electron chi connectivity index (χ2n) is 9.43. The lowest BCUT2D eigenvalue weighted by Gasteiger charge is -2.36. The summed E-state index contributed by atoms with van der Waals surface area (Å²) < 4.78 is 0. The Hall–Kier alpha value is -2.47. The van der Waals surface area contributed by atoms with Crippen LogP contribution in [-0.2, 0) is 11.3 Å². The number of carbonyl (C=O) groups is 2. The molecule has 2 amide bonds. The quantitative estimate of drug-likeness (QED) is 0.615. The molecule has 0 aromatic heterocycles. The van der Waals surface area contributed by atoms with Crippen LogP contribution >= 0.6 is 0 Å². The molecule has 1 aliphatic carbocycles. The monoisotopic (exact) mass is 454 g/mol. The van der Waals surface area contributed by atoms with Gasteiger partial charge in [0.25, 0.3) is 0 Å². The van der Waals surface area contributed by atoms with Crippen molar-refractivity contribution < 1.29 is 9.59 Å². The van der Waals surface area contributed by atoms with Crippen LogP contribution in [0.3, 0.4) is 0 Å². The SMILES string of the molecule is CC.CC1CC1N(C(=O)C(N)CN1C[C@@H]2CC1CN2Cc1ccc(C(N)=O)cc1)C(C)C#N. The minimum Gasteiger partial charge on any atom is -0.366 e. The molecule has 2 saturated heterocycles. The zero-order valence-corrected chi connectivity index (χ0v) is 20.3. The van der Waals surface area contributed by atoms with Gasteiger partial charge in [0.05, 0.1) is 12.1 Å². The summed E-state index contributed by atoms with van der Waals surface area (Å²) in [5.41, 5.74) is 13.3. The van der Waals surface area contributed by atoms with E-state index in [9.17, 15) is 14.9 Å². The summed E-state index contributed by atoms with van der Waals surface area (Å²) in [7, 11) is 0. The van der Waals surface area contributed by atoms with E-state index in [1.807, 2.05) is 26.0 Å². The molecule has 1 aromatic carbocycles. The Morgan fingerprint density at radius 1 is 1.15 bits per heavy atom. The number of hydrogen-bond acceptors (Lipinski definition) is 6. The van der Waals surface area contributed by atoms with E-state index in [0.717, 1.165) is 38.0 Å². The molecule has 2 heterocycles. The summed E-state index contributed by atoms with van der Waals surface area (Å²) in [5, 5.41) is 9.34. The van der Waals surface area contributed by atoms with Crippen LogP contribution in [0.15, 0.2) is 24.3 Å². The molecule has 6 atom stereocenters. The predicted octanol–water partition coefficient (Wildman–Crippen LogP) is 1.55. The molecule has 3 fully saturated rings. The highest BCUT2D eigenvalue weighted by molar-refractivity contribution is 5.92. The summed E-state index contributed by atoms with van der Waals surface area (Å²) in [6, 6.07) is 9.63. The molecule has 3 aliphatic rings. The van der Waals surface area contributed by atoms with E-state index < -0.39 is 18.0 Å². The third-order valence-corrected chi connectivity index (χ3v) is 7.12. The highest BCUT2D eigenvalue weighted by atomic mass is 16.2. The number of nitrogens with zero attached hydrogens (tertiary/aromatic N) is 4. The van der Waals surface area contributed by atoms with Crippen molar-refractivity contribution in [1.29, 1.82) is 5.26 Å². The Balaban J connectivity index is 0.00000149. The molecule has 5 unspecified atom stereocenters. The van der Waals surface area contributed by atoms with Crippen molar-refractivity contribution in [1.82, 2.24) is 14.7 Å². The summed E-state index contributed by atoms with van der Waals surface area (Å²) >= 11 is 0. The lowest BCUT2D eigenvalue weighted by atomic mass is 10.1. The lowest BCUT2D eigenvalue weighted by molar-refractivity contribution is -0.135. The minimum absolute atomic E-state index is 0.0995. The Kier molecular flexibility index (Phi) is 8.11. The van der Waals surface area contributed by atoms with Crippen LogP contribution in [-0.4, -0.2) is 76.4 Å². The molecule has 2 aliphatic heterocycles. The van der Waals surface area contributed by atoms with Crippen LogP contribution in [0.4, 0.5) is 0 Å². The summed E-state index contributed by atoms with van der Waals surface area (Å²) in [6.07, 6.45) is 2.03. The molecular formula is C25H38N6O2. The zero-order chi connectivity index (χ0) is 24.3. The first kappa shape index (κ1) is 25.2. The molecule has 2 bridgehead atoms. The molecule has 4 N–H and O–H groups in total. The van der Waals surface area contributed by atoms with Crippen LogP contribution in [0.2, 0.25) is 0 Å². The number of benzene rings is 1. The summed E-state index contributed by atoms with van der Waals surface area (Å²) in [6.45, 7) is 11.1. The number of likely N-dealkylation sites (tertiary alicyclic amines) is 2. The van der Waals surface area contributed by atoms with Gasteiger partial charge in [0.2, 0.25) is 11.8 Å². The van der Waals surface area contributed by atoms with E-state index >= 15 is 0 Å². The van der Waals surface area contributed by atoms with Gasteiger partial charge in [0, 0.05) is 49.9 Å². The zero-order valence-electron chi connectivity index (χ0n) is 20.3. The van der Waals surface area contributed by atoms with Gasteiger partial charge in [-0.05, 0) is 43.4 Å². The second kappa shape index (κ2) is 10.6. The van der Waals surface area contributed by atoms with Gasteiger partial charge >= 0.3 is 0 Å². The van der Waals surface area contributed by atoms with Crippen molar-refractivity contribution in [3.63, 3.8) is 0 Å². The third-order valence-electron chi connectivity index (χ3n) is 7.12. The Labute approximate surface area is 197 Å². The maximum atomic E-state index is 13.0. The van der Waals surface area contributed by atoms with Crippen LogP contribution in [0, 0.1) is 17.2 Å². The maximum absolute atomic E-state index is 13.0. The van der Waals surface area contributed by atoms with Crippen molar-refractivity contribution in [3.05, 3.63) is 35.4 Å². The fourth-order valence-corrected chi connectivity index (χ4v) is 5.17. The molecule has 0 radical (unpaired) electrons.